The van der Waals surface area contributed by atoms with Gasteiger partial charge in [-0.15, -0.1) is 0 Å². The van der Waals surface area contributed by atoms with E-state index in [4.69, 9.17) is 10.9 Å². The standard InChI is InChI=1S/C9H19N3O/c1-9(5-2-3-6-9)11-7-4-8(10)12-13/h11,13H,2-7H2,1H3,(H2,10,12). The molecule has 0 aromatic carbocycles. The predicted octanol–water partition coefficient (Wildman–Crippen LogP) is 1.05. The molecule has 0 unspecified atom stereocenters. The van der Waals surface area contributed by atoms with E-state index < -0.39 is 0 Å². The van der Waals surface area contributed by atoms with Crippen LogP contribution in [0.3, 0.4) is 0 Å². The molecule has 0 amide bonds. The number of hydrogen-bond acceptors (Lipinski definition) is 3. The zero-order chi connectivity index (χ0) is 9.73. The van der Waals surface area contributed by atoms with Gasteiger partial charge in [-0.1, -0.05) is 18.0 Å². The van der Waals surface area contributed by atoms with Gasteiger partial charge in [-0.05, 0) is 19.8 Å². The third kappa shape index (κ3) is 3.22. The van der Waals surface area contributed by atoms with Crippen molar-refractivity contribution in [3.05, 3.63) is 0 Å². The van der Waals surface area contributed by atoms with E-state index in [1.807, 2.05) is 0 Å². The van der Waals surface area contributed by atoms with Crippen LogP contribution in [0.4, 0.5) is 0 Å². The highest BCUT2D eigenvalue weighted by Crippen LogP contribution is 2.28. The molecule has 0 aromatic heterocycles. The summed E-state index contributed by atoms with van der Waals surface area (Å²) in [5.74, 6) is 0.300. The highest BCUT2D eigenvalue weighted by Gasteiger charge is 2.27. The van der Waals surface area contributed by atoms with Crippen molar-refractivity contribution in [1.82, 2.24) is 5.32 Å². The monoisotopic (exact) mass is 185 g/mol. The van der Waals surface area contributed by atoms with E-state index in [1.54, 1.807) is 0 Å². The zero-order valence-electron chi connectivity index (χ0n) is 8.21. The van der Waals surface area contributed by atoms with Crippen LogP contribution in [0.25, 0.3) is 0 Å². The molecule has 0 atom stereocenters. The summed E-state index contributed by atoms with van der Waals surface area (Å²) in [5, 5.41) is 14.7. The van der Waals surface area contributed by atoms with E-state index in [0.29, 0.717) is 12.3 Å². The van der Waals surface area contributed by atoms with Crippen molar-refractivity contribution in [2.24, 2.45) is 10.9 Å². The van der Waals surface area contributed by atoms with Crippen LogP contribution in [-0.4, -0.2) is 23.1 Å². The Labute approximate surface area is 79.2 Å². The average molecular weight is 185 g/mol. The summed E-state index contributed by atoms with van der Waals surface area (Å²) in [7, 11) is 0. The van der Waals surface area contributed by atoms with E-state index in [2.05, 4.69) is 17.4 Å². The molecule has 13 heavy (non-hydrogen) atoms. The minimum atomic E-state index is 0.287. The molecule has 1 rings (SSSR count). The second-order valence-electron chi connectivity index (χ2n) is 4.04. The Morgan fingerprint density at radius 2 is 2.15 bits per heavy atom. The Morgan fingerprint density at radius 3 is 2.69 bits per heavy atom. The van der Waals surface area contributed by atoms with Crippen molar-refractivity contribution < 1.29 is 5.21 Å². The van der Waals surface area contributed by atoms with E-state index in [-0.39, 0.29) is 5.54 Å². The lowest BCUT2D eigenvalue weighted by molar-refractivity contribution is 0.315. The lowest BCUT2D eigenvalue weighted by Crippen LogP contribution is -2.41. The SMILES string of the molecule is CC1(NCCC(N)=NO)CCCC1. The topological polar surface area (TPSA) is 70.6 Å². The zero-order valence-corrected chi connectivity index (χ0v) is 8.21. The third-order valence-corrected chi connectivity index (χ3v) is 2.77. The first kappa shape index (κ1) is 10.3. The lowest BCUT2D eigenvalue weighted by atomic mass is 10.0. The second-order valence-corrected chi connectivity index (χ2v) is 4.04. The fourth-order valence-electron chi connectivity index (χ4n) is 1.87. The maximum atomic E-state index is 8.33. The molecule has 1 fully saturated rings. The van der Waals surface area contributed by atoms with Gasteiger partial charge in [-0.3, -0.25) is 0 Å². The number of nitrogens with two attached hydrogens (primary N) is 1. The van der Waals surface area contributed by atoms with E-state index >= 15 is 0 Å². The quantitative estimate of drug-likeness (QED) is 0.265. The van der Waals surface area contributed by atoms with Crippen LogP contribution in [0.1, 0.15) is 39.0 Å². The molecule has 1 aliphatic carbocycles. The van der Waals surface area contributed by atoms with Gasteiger partial charge in [0.2, 0.25) is 0 Å². The Balaban J connectivity index is 2.18. The van der Waals surface area contributed by atoms with Crippen molar-refractivity contribution in [1.29, 1.82) is 0 Å². The Kier molecular flexibility index (Phi) is 3.54. The highest BCUT2D eigenvalue weighted by atomic mass is 16.4. The summed E-state index contributed by atoms with van der Waals surface area (Å²) in [5.41, 5.74) is 5.65. The molecule has 0 heterocycles. The number of hydrogen-bond donors (Lipinski definition) is 3. The average Bonchev–Trinajstić information content (AvgIpc) is 2.52. The number of rotatable bonds is 4. The first-order chi connectivity index (χ1) is 6.16. The van der Waals surface area contributed by atoms with Gasteiger partial charge in [0.05, 0.1) is 0 Å². The molecule has 4 N–H and O–H groups in total. The molecule has 0 saturated heterocycles. The van der Waals surface area contributed by atoms with Gasteiger partial charge >= 0.3 is 0 Å². The summed E-state index contributed by atoms with van der Waals surface area (Å²) >= 11 is 0. The Hall–Kier alpha value is -0.770. The maximum Gasteiger partial charge on any atom is 0.140 e. The van der Waals surface area contributed by atoms with Crippen LogP contribution in [0.5, 0.6) is 0 Å². The summed E-state index contributed by atoms with van der Waals surface area (Å²) in [4.78, 5) is 0. The van der Waals surface area contributed by atoms with Crippen LogP contribution >= 0.6 is 0 Å². The third-order valence-electron chi connectivity index (χ3n) is 2.77. The second kappa shape index (κ2) is 4.46. The summed E-state index contributed by atoms with van der Waals surface area (Å²) in [6.45, 7) is 3.04. The highest BCUT2D eigenvalue weighted by molar-refractivity contribution is 5.79. The van der Waals surface area contributed by atoms with Crippen molar-refractivity contribution >= 4 is 5.84 Å². The number of oxime groups is 1. The Morgan fingerprint density at radius 1 is 1.54 bits per heavy atom. The molecule has 1 aliphatic rings. The first-order valence-corrected chi connectivity index (χ1v) is 4.88. The summed E-state index contributed by atoms with van der Waals surface area (Å²) in [6.07, 6.45) is 5.72. The van der Waals surface area contributed by atoms with Gasteiger partial charge in [0.15, 0.2) is 0 Å². The van der Waals surface area contributed by atoms with Gasteiger partial charge in [-0.25, -0.2) is 0 Å². The molecule has 1 saturated carbocycles. The smallest absolute Gasteiger partial charge is 0.140 e. The van der Waals surface area contributed by atoms with Crippen LogP contribution in [-0.2, 0) is 0 Å². The van der Waals surface area contributed by atoms with E-state index in [1.165, 1.54) is 25.7 Å². The minimum absolute atomic E-state index is 0.287. The van der Waals surface area contributed by atoms with Gasteiger partial charge in [0.1, 0.15) is 5.84 Å². The molecule has 4 heteroatoms. The molecular formula is C9H19N3O. The molecule has 0 aromatic rings. The van der Waals surface area contributed by atoms with E-state index in [9.17, 15) is 0 Å². The summed E-state index contributed by atoms with van der Waals surface area (Å²) < 4.78 is 0. The van der Waals surface area contributed by atoms with Crippen LogP contribution in [0.15, 0.2) is 5.16 Å². The van der Waals surface area contributed by atoms with Crippen molar-refractivity contribution in [3.8, 4) is 0 Å². The maximum absolute atomic E-state index is 8.33. The molecule has 76 valence electrons. The van der Waals surface area contributed by atoms with Crippen LogP contribution in [0.2, 0.25) is 0 Å². The fourth-order valence-corrected chi connectivity index (χ4v) is 1.87. The normalized spacial score (nSPS) is 22.1. The molecule has 0 aliphatic heterocycles. The molecule has 0 radical (unpaired) electrons. The summed E-state index contributed by atoms with van der Waals surface area (Å²) in [6, 6.07) is 0. The molecule has 0 bridgehead atoms. The lowest BCUT2D eigenvalue weighted by Gasteiger charge is -2.25. The number of nitrogens with one attached hydrogen (secondary N) is 1. The largest absolute Gasteiger partial charge is 0.409 e. The van der Waals surface area contributed by atoms with Gasteiger partial charge in [0, 0.05) is 18.5 Å². The van der Waals surface area contributed by atoms with Gasteiger partial charge < -0.3 is 16.3 Å². The van der Waals surface area contributed by atoms with E-state index in [0.717, 1.165) is 6.54 Å². The van der Waals surface area contributed by atoms with Crippen LogP contribution < -0.4 is 11.1 Å². The van der Waals surface area contributed by atoms with Crippen molar-refractivity contribution in [3.63, 3.8) is 0 Å². The van der Waals surface area contributed by atoms with Crippen molar-refractivity contribution in [2.75, 3.05) is 6.54 Å². The fraction of sp³-hybridized carbons (Fsp3) is 0.889. The Bertz CT molecular complexity index is 185. The van der Waals surface area contributed by atoms with Crippen LogP contribution in [0, 0.1) is 0 Å². The van der Waals surface area contributed by atoms with Gasteiger partial charge in [-0.2, -0.15) is 0 Å². The van der Waals surface area contributed by atoms with Crippen molar-refractivity contribution in [2.45, 2.75) is 44.6 Å². The minimum Gasteiger partial charge on any atom is -0.409 e. The molecule has 0 spiro atoms. The number of amidine groups is 1. The number of nitrogens with zero attached hydrogens (tertiary/aromatic N) is 1. The molecule has 4 nitrogen and oxygen atoms in total. The predicted molar refractivity (Wildman–Crippen MR) is 52.9 cm³/mol. The van der Waals surface area contributed by atoms with Gasteiger partial charge in [0.25, 0.3) is 0 Å². The first-order valence-electron chi connectivity index (χ1n) is 4.88. The molecular weight excluding hydrogens is 166 g/mol.